The molecule has 8 nitrogen and oxygen atoms in total. The zero-order valence-electron chi connectivity index (χ0n) is 21.1. The average molecular weight is 537 g/mol. The van der Waals surface area contributed by atoms with E-state index in [1.165, 1.54) is 21.2 Å². The number of aliphatic carboxylic acids is 2. The lowest BCUT2D eigenvalue weighted by atomic mass is 9.83. The lowest BCUT2D eigenvalue weighted by Crippen LogP contribution is -2.33. The third-order valence-electron chi connectivity index (χ3n) is 7.05. The van der Waals surface area contributed by atoms with Crippen molar-refractivity contribution in [3.8, 4) is 0 Å². The van der Waals surface area contributed by atoms with Crippen LogP contribution >= 0.6 is 11.3 Å². The number of hydrogen-bond acceptors (Lipinski definition) is 7. The molecule has 0 saturated carbocycles. The Hall–Kier alpha value is -3.40. The van der Waals surface area contributed by atoms with Crippen molar-refractivity contribution in [3.05, 3.63) is 71.4 Å². The second-order valence-corrected chi connectivity index (χ2v) is 10.3. The van der Waals surface area contributed by atoms with Gasteiger partial charge in [-0.15, -0.1) is 11.3 Å². The molecule has 1 aromatic carbocycles. The van der Waals surface area contributed by atoms with E-state index in [-0.39, 0.29) is 11.8 Å². The number of rotatable bonds is 7. The van der Waals surface area contributed by atoms with E-state index in [1.807, 2.05) is 29.5 Å². The number of benzene rings is 1. The number of ketones is 1. The van der Waals surface area contributed by atoms with Crippen molar-refractivity contribution < 1.29 is 29.3 Å². The Morgan fingerprint density at radius 2 is 1.84 bits per heavy atom. The molecule has 2 aromatic heterocycles. The van der Waals surface area contributed by atoms with Crippen LogP contribution in [0.2, 0.25) is 0 Å². The quantitative estimate of drug-likeness (QED) is 0.417. The number of ether oxygens (including phenoxy) is 1. The normalized spacial score (nSPS) is 17.2. The molecule has 2 aliphatic heterocycles. The summed E-state index contributed by atoms with van der Waals surface area (Å²) in [4.78, 5) is 38.6. The number of nitrogens with zero attached hydrogens (tertiary/aromatic N) is 2. The van der Waals surface area contributed by atoms with Crippen LogP contribution in [0.25, 0.3) is 15.7 Å². The zero-order chi connectivity index (χ0) is 26.9. The van der Waals surface area contributed by atoms with Gasteiger partial charge in [-0.2, -0.15) is 0 Å². The minimum atomic E-state index is -1.82. The van der Waals surface area contributed by atoms with Crippen LogP contribution in [0.15, 0.2) is 60.1 Å². The second-order valence-electron chi connectivity index (χ2n) is 9.42. The van der Waals surface area contributed by atoms with E-state index < -0.39 is 11.9 Å². The van der Waals surface area contributed by atoms with Crippen molar-refractivity contribution in [1.29, 1.82) is 0 Å². The van der Waals surface area contributed by atoms with Gasteiger partial charge in [0.1, 0.15) is 5.78 Å². The summed E-state index contributed by atoms with van der Waals surface area (Å²) < 4.78 is 6.87. The number of carboxylic acid groups (broad SMARTS) is 2. The molecule has 1 saturated heterocycles. The van der Waals surface area contributed by atoms with Crippen LogP contribution in [-0.4, -0.2) is 70.7 Å². The molecule has 0 radical (unpaired) electrons. The predicted octanol–water partition coefficient (Wildman–Crippen LogP) is 4.71. The molecule has 1 atom stereocenters. The molecule has 2 aliphatic rings. The summed E-state index contributed by atoms with van der Waals surface area (Å²) in [5.41, 5.74) is 3.76. The summed E-state index contributed by atoms with van der Waals surface area (Å²) in [6.07, 6.45) is 7.75. The van der Waals surface area contributed by atoms with Crippen molar-refractivity contribution in [2.24, 2.45) is 5.92 Å². The number of thiophene rings is 1. The van der Waals surface area contributed by atoms with Crippen LogP contribution in [0.1, 0.15) is 42.9 Å². The van der Waals surface area contributed by atoms with E-state index >= 15 is 0 Å². The highest BCUT2D eigenvalue weighted by Crippen LogP contribution is 2.33. The molecule has 3 aromatic rings. The number of hydrogen-bond donors (Lipinski definition) is 2. The highest BCUT2D eigenvalue weighted by Gasteiger charge is 2.30. The Balaban J connectivity index is 0.000000505. The van der Waals surface area contributed by atoms with Crippen molar-refractivity contribution >= 4 is 44.7 Å². The molecule has 200 valence electrons. The summed E-state index contributed by atoms with van der Waals surface area (Å²) in [5.74, 6) is -3.31. The fourth-order valence-electron chi connectivity index (χ4n) is 5.00. The number of carbonyl (C=O) groups is 3. The molecule has 4 heterocycles. The molecule has 38 heavy (non-hydrogen) atoms. The van der Waals surface area contributed by atoms with Crippen molar-refractivity contribution in [2.45, 2.75) is 31.6 Å². The molecular formula is C29H32N2O6S. The lowest BCUT2D eigenvalue weighted by molar-refractivity contribution is -0.159. The molecule has 1 fully saturated rings. The molecule has 2 N–H and O–H groups in total. The summed E-state index contributed by atoms with van der Waals surface area (Å²) in [6.45, 7) is 4.29. The van der Waals surface area contributed by atoms with Gasteiger partial charge in [0, 0.05) is 43.1 Å². The van der Waals surface area contributed by atoms with Crippen molar-refractivity contribution in [2.75, 3.05) is 32.8 Å². The molecule has 1 unspecified atom stereocenters. The largest absolute Gasteiger partial charge is 0.473 e. The Kier molecular flexibility index (Phi) is 9.75. The maximum absolute atomic E-state index is 13.4. The van der Waals surface area contributed by atoms with Gasteiger partial charge in [0.2, 0.25) is 0 Å². The Morgan fingerprint density at radius 3 is 2.50 bits per heavy atom. The number of pyridine rings is 1. The van der Waals surface area contributed by atoms with Gasteiger partial charge in [-0.3, -0.25) is 14.7 Å². The average Bonchev–Trinajstić information content (AvgIpc) is 3.44. The van der Waals surface area contributed by atoms with Gasteiger partial charge in [-0.05, 0) is 72.3 Å². The van der Waals surface area contributed by atoms with Crippen molar-refractivity contribution in [1.82, 2.24) is 9.88 Å². The van der Waals surface area contributed by atoms with Crippen molar-refractivity contribution in [3.63, 3.8) is 0 Å². The smallest absolute Gasteiger partial charge is 0.414 e. The fraction of sp³-hybridized carbons (Fsp3) is 0.379. The first-order valence-electron chi connectivity index (χ1n) is 12.8. The minimum Gasteiger partial charge on any atom is -0.473 e. The fourth-order valence-corrected chi connectivity index (χ4v) is 5.95. The summed E-state index contributed by atoms with van der Waals surface area (Å²) >= 11 is 1.83. The van der Waals surface area contributed by atoms with Gasteiger partial charge in [-0.25, -0.2) is 9.59 Å². The van der Waals surface area contributed by atoms with E-state index in [9.17, 15) is 4.79 Å². The van der Waals surface area contributed by atoms with Gasteiger partial charge in [0.05, 0.1) is 11.6 Å². The highest BCUT2D eigenvalue weighted by atomic mass is 32.1. The monoisotopic (exact) mass is 536 g/mol. The first kappa shape index (κ1) is 27.6. The number of fused-ring (bicyclic) bond motifs is 1. The predicted molar refractivity (Wildman–Crippen MR) is 146 cm³/mol. The number of carbonyl (C=O) groups excluding carboxylic acids is 1. The maximum Gasteiger partial charge on any atom is 0.414 e. The van der Waals surface area contributed by atoms with Gasteiger partial charge < -0.3 is 14.9 Å². The van der Waals surface area contributed by atoms with Crippen LogP contribution in [-0.2, 0) is 19.1 Å². The topological polar surface area (TPSA) is 117 Å². The highest BCUT2D eigenvalue weighted by molar-refractivity contribution is 7.17. The van der Waals surface area contributed by atoms with Crippen LogP contribution < -0.4 is 0 Å². The van der Waals surface area contributed by atoms with Gasteiger partial charge in [0.15, 0.2) is 0 Å². The Labute approximate surface area is 225 Å². The van der Waals surface area contributed by atoms with E-state index in [4.69, 9.17) is 24.5 Å². The molecule has 9 heteroatoms. The zero-order valence-corrected chi connectivity index (χ0v) is 21.9. The van der Waals surface area contributed by atoms with E-state index in [0.717, 1.165) is 51.0 Å². The van der Waals surface area contributed by atoms with E-state index in [1.54, 1.807) is 6.20 Å². The Bertz CT molecular complexity index is 1270. The number of Topliss-reactive ketones (excluding diaryl/α,β-unsaturated/α-hetero) is 1. The lowest BCUT2D eigenvalue weighted by Gasteiger charge is -2.29. The molecule has 5 rings (SSSR count). The second kappa shape index (κ2) is 13.4. The SMILES string of the molecule is O=C(C1CCOCC1)C(CCN1CC=C(c2cccc3ccsc23)CC1)c1ccccn1.O=C(O)C(=O)O. The maximum atomic E-state index is 13.4. The standard InChI is InChI=1S/C27H30N2O2S.C2H2O4/c30-26(21-10-17-31-18-11-21)24(25-6-1-2-13-28-25)9-16-29-14-7-20(8-15-29)23-5-3-4-22-12-19-32-27(22)23;3-1(4)2(5)6/h1-7,12-13,19,21,24H,8-11,14-18H2;(H,3,4)(H,5,6). The van der Waals surface area contributed by atoms with Crippen LogP contribution in [0.4, 0.5) is 0 Å². The molecule has 0 aliphatic carbocycles. The molecule has 0 amide bonds. The summed E-state index contributed by atoms with van der Waals surface area (Å²) in [5, 5.41) is 18.3. The molecule has 0 spiro atoms. The van der Waals surface area contributed by atoms with E-state index in [0.29, 0.717) is 19.0 Å². The summed E-state index contributed by atoms with van der Waals surface area (Å²) in [7, 11) is 0. The van der Waals surface area contributed by atoms with Crippen LogP contribution in [0.5, 0.6) is 0 Å². The van der Waals surface area contributed by atoms with Gasteiger partial charge >= 0.3 is 11.9 Å². The first-order valence-corrected chi connectivity index (χ1v) is 13.7. The summed E-state index contributed by atoms with van der Waals surface area (Å²) in [6, 6.07) is 14.7. The van der Waals surface area contributed by atoms with Crippen LogP contribution in [0, 0.1) is 5.92 Å². The number of aromatic nitrogens is 1. The van der Waals surface area contributed by atoms with Gasteiger partial charge in [-0.1, -0.05) is 30.3 Å². The third kappa shape index (κ3) is 7.12. The Morgan fingerprint density at radius 1 is 1.05 bits per heavy atom. The van der Waals surface area contributed by atoms with Gasteiger partial charge in [0.25, 0.3) is 0 Å². The minimum absolute atomic E-state index is 0.106. The third-order valence-corrected chi connectivity index (χ3v) is 8.01. The molecular weight excluding hydrogens is 504 g/mol. The van der Waals surface area contributed by atoms with Crippen LogP contribution in [0.3, 0.4) is 0 Å². The van der Waals surface area contributed by atoms with E-state index in [2.05, 4.69) is 45.6 Å². The first-order chi connectivity index (χ1) is 18.4. The molecule has 0 bridgehead atoms. The number of carboxylic acids is 2.